The third-order valence-electron chi connectivity index (χ3n) is 6.15. The molecule has 1 aliphatic rings. The molecule has 1 aromatic heterocycles. The first-order chi connectivity index (χ1) is 15.2. The van der Waals surface area contributed by atoms with Crippen LogP contribution in [0.5, 0.6) is 0 Å². The van der Waals surface area contributed by atoms with Gasteiger partial charge in [0.2, 0.25) is 5.91 Å². The molecule has 1 fully saturated rings. The number of hydrogen-bond acceptors (Lipinski definition) is 4. The summed E-state index contributed by atoms with van der Waals surface area (Å²) in [6.45, 7) is 7.23. The molecule has 0 atom stereocenters. The third-order valence-corrected chi connectivity index (χ3v) is 6.15. The summed E-state index contributed by atoms with van der Waals surface area (Å²) in [7, 11) is 0. The minimum absolute atomic E-state index is 0.0825. The molecule has 0 unspecified atom stereocenters. The molecule has 160 valence electrons. The molecular formula is C26H30N4O. The lowest BCUT2D eigenvalue weighted by Gasteiger charge is -2.34. The Kier molecular flexibility index (Phi) is 6.60. The van der Waals surface area contributed by atoms with Gasteiger partial charge in [0.05, 0.1) is 5.69 Å². The maximum atomic E-state index is 13.1. The van der Waals surface area contributed by atoms with E-state index in [2.05, 4.69) is 53.2 Å². The van der Waals surface area contributed by atoms with E-state index >= 15 is 0 Å². The summed E-state index contributed by atoms with van der Waals surface area (Å²) in [6.07, 6.45) is 1.71. The number of aromatic nitrogens is 2. The van der Waals surface area contributed by atoms with Gasteiger partial charge in [0.25, 0.3) is 0 Å². The normalized spacial score (nSPS) is 14.5. The van der Waals surface area contributed by atoms with Crippen LogP contribution < -0.4 is 4.90 Å². The van der Waals surface area contributed by atoms with Gasteiger partial charge < -0.3 is 9.80 Å². The summed E-state index contributed by atoms with van der Waals surface area (Å²) >= 11 is 0. The predicted molar refractivity (Wildman–Crippen MR) is 125 cm³/mol. The Labute approximate surface area is 184 Å². The van der Waals surface area contributed by atoms with E-state index in [-0.39, 0.29) is 11.8 Å². The monoisotopic (exact) mass is 414 g/mol. The standard InChI is InChI=1S/C26H30N4O/c1-3-29(19-21-10-5-4-6-11-21)26(31)22-15-17-30(18-16-22)25-14-13-24(27-28-25)23-12-8-7-9-20(23)2/h4-14,22H,3,15-19H2,1-2H3. The molecule has 31 heavy (non-hydrogen) atoms. The highest BCUT2D eigenvalue weighted by Gasteiger charge is 2.28. The van der Waals surface area contributed by atoms with Crippen LogP contribution >= 0.6 is 0 Å². The van der Waals surface area contributed by atoms with Gasteiger partial charge in [-0.2, -0.15) is 0 Å². The van der Waals surface area contributed by atoms with Crippen LogP contribution in [0.2, 0.25) is 0 Å². The van der Waals surface area contributed by atoms with E-state index in [1.807, 2.05) is 47.4 Å². The predicted octanol–water partition coefficient (Wildman–Crippen LogP) is 4.72. The van der Waals surface area contributed by atoms with Crippen molar-refractivity contribution in [2.75, 3.05) is 24.5 Å². The lowest BCUT2D eigenvalue weighted by Crippen LogP contribution is -2.42. The average molecular weight is 415 g/mol. The van der Waals surface area contributed by atoms with E-state index in [9.17, 15) is 4.79 Å². The molecule has 1 saturated heterocycles. The Balaban J connectivity index is 1.36. The van der Waals surface area contributed by atoms with Crippen LogP contribution in [0.1, 0.15) is 30.9 Å². The van der Waals surface area contributed by atoms with Crippen molar-refractivity contribution in [3.63, 3.8) is 0 Å². The average Bonchev–Trinajstić information content (AvgIpc) is 2.83. The van der Waals surface area contributed by atoms with Gasteiger partial charge in [-0.05, 0) is 49.9 Å². The first-order valence-corrected chi connectivity index (χ1v) is 11.1. The van der Waals surface area contributed by atoms with Crippen molar-refractivity contribution in [2.45, 2.75) is 33.2 Å². The number of anilines is 1. The number of piperidine rings is 1. The molecule has 2 aromatic carbocycles. The second-order valence-corrected chi connectivity index (χ2v) is 8.19. The Hall–Kier alpha value is -3.21. The van der Waals surface area contributed by atoms with E-state index in [0.717, 1.165) is 49.6 Å². The zero-order valence-electron chi connectivity index (χ0n) is 18.4. The second-order valence-electron chi connectivity index (χ2n) is 8.19. The van der Waals surface area contributed by atoms with Crippen LogP contribution in [0.25, 0.3) is 11.3 Å². The summed E-state index contributed by atoms with van der Waals surface area (Å²) < 4.78 is 0. The number of nitrogens with zero attached hydrogens (tertiary/aromatic N) is 4. The third kappa shape index (κ3) is 4.93. The van der Waals surface area contributed by atoms with Gasteiger partial charge in [-0.3, -0.25) is 4.79 Å². The Morgan fingerprint density at radius 3 is 2.32 bits per heavy atom. The maximum absolute atomic E-state index is 13.1. The van der Waals surface area contributed by atoms with Crippen LogP contribution in [0.4, 0.5) is 5.82 Å². The summed E-state index contributed by atoms with van der Waals surface area (Å²) in [5.41, 5.74) is 4.38. The zero-order chi connectivity index (χ0) is 21.6. The fourth-order valence-corrected chi connectivity index (χ4v) is 4.26. The molecule has 0 spiro atoms. The van der Waals surface area contributed by atoms with Crippen LogP contribution in [-0.2, 0) is 11.3 Å². The zero-order valence-corrected chi connectivity index (χ0v) is 18.4. The first-order valence-electron chi connectivity index (χ1n) is 11.1. The van der Waals surface area contributed by atoms with Gasteiger partial charge in [-0.25, -0.2) is 0 Å². The van der Waals surface area contributed by atoms with Crippen molar-refractivity contribution in [3.8, 4) is 11.3 Å². The number of hydrogen-bond donors (Lipinski definition) is 0. The lowest BCUT2D eigenvalue weighted by atomic mass is 9.95. The summed E-state index contributed by atoms with van der Waals surface area (Å²) in [4.78, 5) is 17.3. The van der Waals surface area contributed by atoms with E-state index < -0.39 is 0 Å². The van der Waals surface area contributed by atoms with Crippen LogP contribution in [0.3, 0.4) is 0 Å². The molecule has 0 aliphatic carbocycles. The number of amides is 1. The Morgan fingerprint density at radius 2 is 1.68 bits per heavy atom. The molecule has 1 aliphatic heterocycles. The highest BCUT2D eigenvalue weighted by Crippen LogP contribution is 2.26. The highest BCUT2D eigenvalue weighted by atomic mass is 16.2. The van der Waals surface area contributed by atoms with Crippen molar-refractivity contribution in [1.82, 2.24) is 15.1 Å². The fourth-order valence-electron chi connectivity index (χ4n) is 4.26. The number of carbonyl (C=O) groups excluding carboxylic acids is 1. The van der Waals surface area contributed by atoms with E-state index in [0.29, 0.717) is 6.54 Å². The SMILES string of the molecule is CCN(Cc1ccccc1)C(=O)C1CCN(c2ccc(-c3ccccc3C)nn2)CC1. The summed E-state index contributed by atoms with van der Waals surface area (Å²) in [5.74, 6) is 1.24. The van der Waals surface area contributed by atoms with Gasteiger partial charge in [-0.1, -0.05) is 54.6 Å². The minimum atomic E-state index is 0.0825. The van der Waals surface area contributed by atoms with E-state index in [1.54, 1.807) is 0 Å². The molecule has 3 aromatic rings. The maximum Gasteiger partial charge on any atom is 0.226 e. The quantitative estimate of drug-likeness (QED) is 0.586. The van der Waals surface area contributed by atoms with Gasteiger partial charge >= 0.3 is 0 Å². The summed E-state index contributed by atoms with van der Waals surface area (Å²) in [5, 5.41) is 8.94. The fraction of sp³-hybridized carbons (Fsp3) is 0.346. The molecule has 2 heterocycles. The first kappa shape index (κ1) is 21.0. The molecule has 0 radical (unpaired) electrons. The minimum Gasteiger partial charge on any atom is -0.355 e. The molecule has 1 amide bonds. The molecule has 0 N–H and O–H groups in total. The molecule has 0 saturated carbocycles. The number of benzene rings is 2. The van der Waals surface area contributed by atoms with Gasteiger partial charge in [0.15, 0.2) is 5.82 Å². The van der Waals surface area contributed by atoms with Crippen molar-refractivity contribution in [3.05, 3.63) is 77.9 Å². The van der Waals surface area contributed by atoms with Crippen molar-refractivity contribution >= 4 is 11.7 Å². The van der Waals surface area contributed by atoms with Crippen molar-refractivity contribution in [1.29, 1.82) is 0 Å². The largest absolute Gasteiger partial charge is 0.355 e. The van der Waals surface area contributed by atoms with Gasteiger partial charge in [0.1, 0.15) is 0 Å². The van der Waals surface area contributed by atoms with Crippen LogP contribution in [-0.4, -0.2) is 40.6 Å². The topological polar surface area (TPSA) is 49.3 Å². The Morgan fingerprint density at radius 1 is 0.968 bits per heavy atom. The molecule has 0 bridgehead atoms. The lowest BCUT2D eigenvalue weighted by molar-refractivity contribution is -0.136. The van der Waals surface area contributed by atoms with Gasteiger partial charge in [-0.15, -0.1) is 10.2 Å². The van der Waals surface area contributed by atoms with Crippen molar-refractivity contribution < 1.29 is 4.79 Å². The highest BCUT2D eigenvalue weighted by molar-refractivity contribution is 5.79. The number of aryl methyl sites for hydroxylation is 1. The number of rotatable bonds is 6. The van der Waals surface area contributed by atoms with E-state index in [1.165, 1.54) is 11.1 Å². The van der Waals surface area contributed by atoms with E-state index in [4.69, 9.17) is 0 Å². The van der Waals surface area contributed by atoms with Crippen LogP contribution in [0.15, 0.2) is 66.7 Å². The molecule has 4 rings (SSSR count). The van der Waals surface area contributed by atoms with Crippen LogP contribution in [0, 0.1) is 12.8 Å². The molecule has 5 nitrogen and oxygen atoms in total. The molecule has 5 heteroatoms. The molecular weight excluding hydrogens is 384 g/mol. The van der Waals surface area contributed by atoms with Crippen molar-refractivity contribution in [2.24, 2.45) is 5.92 Å². The Bertz CT molecular complexity index is 995. The smallest absolute Gasteiger partial charge is 0.226 e. The van der Waals surface area contributed by atoms with Gasteiger partial charge in [0, 0.05) is 37.7 Å². The number of carbonyl (C=O) groups is 1. The second kappa shape index (κ2) is 9.73. The summed E-state index contributed by atoms with van der Waals surface area (Å²) in [6, 6.07) is 22.5.